The molecule has 1 unspecified atom stereocenters. The molecule has 1 aliphatic rings. The first kappa shape index (κ1) is 19.7. The molecule has 1 aliphatic heterocycles. The van der Waals surface area contributed by atoms with Crippen molar-refractivity contribution in [2.75, 3.05) is 13.2 Å². The molecule has 0 saturated carbocycles. The van der Waals surface area contributed by atoms with Gasteiger partial charge in [-0.2, -0.15) is 5.10 Å². The second kappa shape index (κ2) is 8.33. The molecule has 2 aromatic carbocycles. The van der Waals surface area contributed by atoms with Gasteiger partial charge in [0.05, 0.1) is 12.8 Å². The number of hydrazone groups is 1. The van der Waals surface area contributed by atoms with Gasteiger partial charge >= 0.3 is 0 Å². The van der Waals surface area contributed by atoms with Crippen LogP contribution in [0.2, 0.25) is 0 Å². The number of nitrogens with one attached hydrogen (secondary N) is 1. The van der Waals surface area contributed by atoms with Gasteiger partial charge < -0.3 is 14.2 Å². The normalized spacial score (nSPS) is 16.1. The van der Waals surface area contributed by atoms with Crippen LogP contribution in [0, 0.1) is 0 Å². The van der Waals surface area contributed by atoms with Gasteiger partial charge in [-0.25, -0.2) is 5.43 Å². The Morgan fingerprint density at radius 2 is 2.04 bits per heavy atom. The van der Waals surface area contributed by atoms with E-state index in [-0.39, 0.29) is 17.9 Å². The number of amides is 1. The predicted octanol–water partition coefficient (Wildman–Crippen LogP) is 3.67. The number of fused-ring (bicyclic) bond motifs is 1. The van der Waals surface area contributed by atoms with Crippen molar-refractivity contribution in [1.82, 2.24) is 5.43 Å². The van der Waals surface area contributed by atoms with E-state index in [1.165, 1.54) is 0 Å². The number of ether oxygens (including phenoxy) is 3. The average Bonchev–Trinajstić information content (AvgIpc) is 2.68. The summed E-state index contributed by atoms with van der Waals surface area (Å²) < 4.78 is 17.1. The van der Waals surface area contributed by atoms with Crippen LogP contribution in [0.1, 0.15) is 38.8 Å². The quantitative estimate of drug-likeness (QED) is 0.633. The Balaban J connectivity index is 1.65. The molecule has 1 heterocycles. The molecule has 1 N–H and O–H groups in total. The molecule has 0 bridgehead atoms. The molecule has 1 amide bonds. The molecular weight excluding hydrogens is 356 g/mol. The van der Waals surface area contributed by atoms with E-state index < -0.39 is 6.10 Å². The summed E-state index contributed by atoms with van der Waals surface area (Å²) in [6, 6.07) is 13.3. The van der Waals surface area contributed by atoms with Gasteiger partial charge in [-0.15, -0.1) is 0 Å². The van der Waals surface area contributed by atoms with E-state index in [9.17, 15) is 4.79 Å². The van der Waals surface area contributed by atoms with Gasteiger partial charge in [-0.1, -0.05) is 39.0 Å². The van der Waals surface area contributed by atoms with Crippen molar-refractivity contribution >= 4 is 12.1 Å². The van der Waals surface area contributed by atoms with Gasteiger partial charge in [0.2, 0.25) is 6.10 Å². The SMILES string of the molecule is CCOc1ccccc1/C=N\NC(=O)C1COc2ccc(C(C)(C)C)cc2O1. The minimum atomic E-state index is -0.762. The van der Waals surface area contributed by atoms with Gasteiger partial charge in [0, 0.05) is 5.56 Å². The number of hydrogen-bond donors (Lipinski definition) is 1. The Morgan fingerprint density at radius 3 is 2.79 bits per heavy atom. The minimum absolute atomic E-state index is 0.0220. The summed E-state index contributed by atoms with van der Waals surface area (Å²) in [7, 11) is 0. The highest BCUT2D eigenvalue weighted by atomic mass is 16.6. The van der Waals surface area contributed by atoms with Crippen LogP contribution in [0.25, 0.3) is 0 Å². The third-order valence-electron chi connectivity index (χ3n) is 4.36. The lowest BCUT2D eigenvalue weighted by Crippen LogP contribution is -2.42. The fourth-order valence-electron chi connectivity index (χ4n) is 2.78. The molecule has 0 aromatic heterocycles. The van der Waals surface area contributed by atoms with Crippen molar-refractivity contribution < 1.29 is 19.0 Å². The highest BCUT2D eigenvalue weighted by Gasteiger charge is 2.28. The molecule has 0 fully saturated rings. The summed E-state index contributed by atoms with van der Waals surface area (Å²) in [6.45, 7) is 8.98. The molecule has 1 atom stereocenters. The summed E-state index contributed by atoms with van der Waals surface area (Å²) in [4.78, 5) is 12.4. The molecule has 28 heavy (non-hydrogen) atoms. The standard InChI is InChI=1S/C22H26N2O4/c1-5-26-17-9-7-6-8-15(17)13-23-24-21(25)20-14-27-18-11-10-16(22(2,3)4)12-19(18)28-20/h6-13,20H,5,14H2,1-4H3,(H,24,25)/b23-13-. The zero-order valence-electron chi connectivity index (χ0n) is 16.7. The molecule has 6 nitrogen and oxygen atoms in total. The van der Waals surface area contributed by atoms with Crippen LogP contribution in [-0.4, -0.2) is 31.4 Å². The second-order valence-electron chi connectivity index (χ2n) is 7.53. The van der Waals surface area contributed by atoms with Crippen LogP contribution in [-0.2, 0) is 10.2 Å². The number of benzene rings is 2. The van der Waals surface area contributed by atoms with E-state index in [0.29, 0.717) is 23.9 Å². The maximum Gasteiger partial charge on any atom is 0.284 e. The number of nitrogens with zero attached hydrogens (tertiary/aromatic N) is 1. The molecular formula is C22H26N2O4. The summed E-state index contributed by atoms with van der Waals surface area (Å²) in [5.74, 6) is 1.57. The van der Waals surface area contributed by atoms with Crippen LogP contribution in [0.15, 0.2) is 47.6 Å². The van der Waals surface area contributed by atoms with E-state index in [1.807, 2.05) is 49.4 Å². The van der Waals surface area contributed by atoms with Crippen molar-refractivity contribution in [3.05, 3.63) is 53.6 Å². The molecule has 2 aromatic rings. The minimum Gasteiger partial charge on any atom is -0.493 e. The van der Waals surface area contributed by atoms with E-state index in [4.69, 9.17) is 14.2 Å². The first-order valence-corrected chi connectivity index (χ1v) is 9.37. The fourth-order valence-corrected chi connectivity index (χ4v) is 2.78. The lowest BCUT2D eigenvalue weighted by Gasteiger charge is -2.27. The lowest BCUT2D eigenvalue weighted by atomic mass is 9.87. The summed E-state index contributed by atoms with van der Waals surface area (Å²) in [6.07, 6.45) is 0.792. The van der Waals surface area contributed by atoms with Gasteiger partial charge in [-0.05, 0) is 42.2 Å². The first-order valence-electron chi connectivity index (χ1n) is 9.37. The second-order valence-corrected chi connectivity index (χ2v) is 7.53. The molecule has 0 spiro atoms. The molecule has 0 saturated heterocycles. The maximum absolute atomic E-state index is 12.4. The van der Waals surface area contributed by atoms with Crippen molar-refractivity contribution in [3.8, 4) is 17.2 Å². The third kappa shape index (κ3) is 4.63. The zero-order valence-corrected chi connectivity index (χ0v) is 16.7. The highest BCUT2D eigenvalue weighted by molar-refractivity contribution is 5.86. The van der Waals surface area contributed by atoms with Crippen molar-refractivity contribution in [3.63, 3.8) is 0 Å². The number of carbonyl (C=O) groups is 1. The van der Waals surface area contributed by atoms with E-state index in [2.05, 4.69) is 31.3 Å². The molecule has 0 aliphatic carbocycles. The van der Waals surface area contributed by atoms with Gasteiger partial charge in [0.1, 0.15) is 12.4 Å². The number of para-hydroxylation sites is 1. The molecule has 148 valence electrons. The summed E-state index contributed by atoms with van der Waals surface area (Å²) in [5, 5.41) is 4.03. The monoisotopic (exact) mass is 382 g/mol. The predicted molar refractivity (Wildman–Crippen MR) is 108 cm³/mol. The zero-order chi connectivity index (χ0) is 20.1. The van der Waals surface area contributed by atoms with E-state index >= 15 is 0 Å². The largest absolute Gasteiger partial charge is 0.493 e. The Morgan fingerprint density at radius 1 is 1.25 bits per heavy atom. The van der Waals surface area contributed by atoms with Gasteiger partial charge in [-0.3, -0.25) is 4.79 Å². The average molecular weight is 382 g/mol. The molecule has 0 radical (unpaired) electrons. The van der Waals surface area contributed by atoms with Crippen LogP contribution >= 0.6 is 0 Å². The molecule has 6 heteroatoms. The van der Waals surface area contributed by atoms with Crippen molar-refractivity contribution in [2.24, 2.45) is 5.10 Å². The van der Waals surface area contributed by atoms with Crippen molar-refractivity contribution in [1.29, 1.82) is 0 Å². The number of carbonyl (C=O) groups excluding carboxylic acids is 1. The van der Waals surface area contributed by atoms with Gasteiger partial charge in [0.25, 0.3) is 5.91 Å². The lowest BCUT2D eigenvalue weighted by molar-refractivity contribution is -0.130. The van der Waals surface area contributed by atoms with E-state index in [1.54, 1.807) is 6.21 Å². The Kier molecular flexibility index (Phi) is 5.87. The fraction of sp³-hybridized carbons (Fsp3) is 0.364. The number of hydrogen-bond acceptors (Lipinski definition) is 5. The Hall–Kier alpha value is -3.02. The Labute approximate surface area is 165 Å². The molecule has 3 rings (SSSR count). The summed E-state index contributed by atoms with van der Waals surface area (Å²) >= 11 is 0. The Bertz CT molecular complexity index is 871. The van der Waals surface area contributed by atoms with Crippen LogP contribution in [0.4, 0.5) is 0 Å². The maximum atomic E-state index is 12.4. The van der Waals surface area contributed by atoms with Gasteiger partial charge in [0.15, 0.2) is 11.5 Å². The third-order valence-corrected chi connectivity index (χ3v) is 4.36. The van der Waals surface area contributed by atoms with Crippen LogP contribution in [0.5, 0.6) is 17.2 Å². The highest BCUT2D eigenvalue weighted by Crippen LogP contribution is 2.36. The van der Waals surface area contributed by atoms with Crippen LogP contribution in [0.3, 0.4) is 0 Å². The smallest absolute Gasteiger partial charge is 0.284 e. The van der Waals surface area contributed by atoms with Crippen molar-refractivity contribution in [2.45, 2.75) is 39.2 Å². The number of rotatable bonds is 5. The summed E-state index contributed by atoms with van der Waals surface area (Å²) in [5.41, 5.74) is 4.39. The van der Waals surface area contributed by atoms with E-state index in [0.717, 1.165) is 11.1 Å². The van der Waals surface area contributed by atoms with Crippen LogP contribution < -0.4 is 19.6 Å². The first-order chi connectivity index (χ1) is 13.4. The topological polar surface area (TPSA) is 69.2 Å².